The van der Waals surface area contributed by atoms with Crippen LogP contribution in [0.2, 0.25) is 0 Å². The topological polar surface area (TPSA) is 26.0 Å². The van der Waals surface area contributed by atoms with Crippen LogP contribution in [0, 0.1) is 11.6 Å². The van der Waals surface area contributed by atoms with Gasteiger partial charge < -0.3 is 5.73 Å². The predicted octanol–water partition coefficient (Wildman–Crippen LogP) is 2.82. The molecule has 0 aliphatic carbocycles. The van der Waals surface area contributed by atoms with Crippen molar-refractivity contribution in [1.29, 1.82) is 0 Å². The first-order valence-corrected chi connectivity index (χ1v) is 4.07. The zero-order valence-corrected chi connectivity index (χ0v) is 8.71. The van der Waals surface area contributed by atoms with E-state index in [1.807, 2.05) is 0 Å². The molecule has 2 N–H and O–H groups in total. The van der Waals surface area contributed by atoms with E-state index >= 15 is 0 Å². The Morgan fingerprint density at radius 3 is 2.19 bits per heavy atom. The first-order valence-electron chi connectivity index (χ1n) is 4.07. The van der Waals surface area contributed by atoms with Gasteiger partial charge in [-0.25, -0.2) is 8.78 Å². The minimum absolute atomic E-state index is 0. The molecule has 7 heteroatoms. The molecule has 0 radical (unpaired) electrons. The molecular formula is C9H9ClF5N. The summed E-state index contributed by atoms with van der Waals surface area (Å²) in [4.78, 5) is 0. The van der Waals surface area contributed by atoms with Crippen molar-refractivity contribution < 1.29 is 22.0 Å². The maximum Gasteiger partial charge on any atom is 0.403 e. The van der Waals surface area contributed by atoms with Crippen LogP contribution < -0.4 is 5.73 Å². The molecule has 0 aliphatic rings. The monoisotopic (exact) mass is 261 g/mol. The van der Waals surface area contributed by atoms with E-state index in [1.54, 1.807) is 0 Å². The van der Waals surface area contributed by atoms with Crippen molar-refractivity contribution in [2.45, 2.75) is 18.6 Å². The second kappa shape index (κ2) is 5.45. The molecule has 1 atom stereocenters. The summed E-state index contributed by atoms with van der Waals surface area (Å²) in [6.45, 7) is 0. The van der Waals surface area contributed by atoms with Crippen LogP contribution in [-0.4, -0.2) is 12.2 Å². The Hall–Kier alpha value is -0.880. The van der Waals surface area contributed by atoms with Crippen LogP contribution in [0.1, 0.15) is 5.56 Å². The van der Waals surface area contributed by atoms with Gasteiger partial charge in [-0.15, -0.1) is 12.4 Å². The molecule has 0 amide bonds. The molecule has 0 bridgehead atoms. The summed E-state index contributed by atoms with van der Waals surface area (Å²) in [5.74, 6) is -1.86. The lowest BCUT2D eigenvalue weighted by atomic mass is 10.1. The van der Waals surface area contributed by atoms with Gasteiger partial charge in [0.15, 0.2) is 0 Å². The fourth-order valence-electron chi connectivity index (χ4n) is 1.04. The minimum atomic E-state index is -4.58. The van der Waals surface area contributed by atoms with Crippen LogP contribution in [0.15, 0.2) is 18.2 Å². The maximum atomic E-state index is 12.9. The fourth-order valence-corrected chi connectivity index (χ4v) is 1.04. The van der Waals surface area contributed by atoms with Gasteiger partial charge >= 0.3 is 6.18 Å². The zero-order chi connectivity index (χ0) is 11.6. The smallest absolute Gasteiger partial charge is 0.320 e. The van der Waals surface area contributed by atoms with Gasteiger partial charge in [-0.1, -0.05) is 6.07 Å². The summed E-state index contributed by atoms with van der Waals surface area (Å²) in [6.07, 6.45) is -5.28. The Balaban J connectivity index is 0.00000225. The third-order valence-corrected chi connectivity index (χ3v) is 1.88. The molecule has 0 aromatic heterocycles. The molecular weight excluding hydrogens is 253 g/mol. The molecule has 0 spiro atoms. The van der Waals surface area contributed by atoms with Gasteiger partial charge in [-0.3, -0.25) is 0 Å². The molecule has 0 saturated heterocycles. The lowest BCUT2D eigenvalue weighted by molar-refractivity contribution is -0.147. The van der Waals surface area contributed by atoms with E-state index in [-0.39, 0.29) is 18.0 Å². The quantitative estimate of drug-likeness (QED) is 0.814. The Labute approximate surface area is 94.8 Å². The molecule has 16 heavy (non-hydrogen) atoms. The van der Waals surface area contributed by atoms with Crippen LogP contribution >= 0.6 is 12.4 Å². The second-order valence-electron chi connectivity index (χ2n) is 3.09. The van der Waals surface area contributed by atoms with E-state index in [4.69, 9.17) is 5.73 Å². The van der Waals surface area contributed by atoms with Crippen molar-refractivity contribution in [3.05, 3.63) is 35.4 Å². The molecule has 0 aliphatic heterocycles. The highest BCUT2D eigenvalue weighted by molar-refractivity contribution is 5.85. The number of rotatable bonds is 2. The van der Waals surface area contributed by atoms with Gasteiger partial charge in [-0.2, -0.15) is 13.2 Å². The lowest BCUT2D eigenvalue weighted by Crippen LogP contribution is -2.39. The van der Waals surface area contributed by atoms with Crippen molar-refractivity contribution >= 4 is 12.4 Å². The van der Waals surface area contributed by atoms with Crippen molar-refractivity contribution in [1.82, 2.24) is 0 Å². The average molecular weight is 262 g/mol. The number of halogens is 6. The van der Waals surface area contributed by atoms with Gasteiger partial charge in [-0.05, 0) is 18.1 Å². The fraction of sp³-hybridized carbons (Fsp3) is 0.333. The summed E-state index contributed by atoms with van der Waals surface area (Å²) in [5.41, 5.74) is 4.56. The first-order chi connectivity index (χ1) is 6.80. The maximum absolute atomic E-state index is 12.9. The Morgan fingerprint density at radius 1 is 1.19 bits per heavy atom. The molecule has 0 fully saturated rings. The number of alkyl halides is 3. The van der Waals surface area contributed by atoms with Gasteiger partial charge in [0, 0.05) is 6.07 Å². The third-order valence-electron chi connectivity index (χ3n) is 1.88. The van der Waals surface area contributed by atoms with E-state index < -0.39 is 30.3 Å². The summed E-state index contributed by atoms with van der Waals surface area (Å²) in [6, 6.07) is 0.230. The third kappa shape index (κ3) is 3.94. The molecule has 0 saturated carbocycles. The molecule has 92 valence electrons. The Morgan fingerprint density at radius 2 is 1.75 bits per heavy atom. The number of benzene rings is 1. The highest BCUT2D eigenvalue weighted by Crippen LogP contribution is 2.22. The van der Waals surface area contributed by atoms with Gasteiger partial charge in [0.2, 0.25) is 0 Å². The van der Waals surface area contributed by atoms with E-state index in [1.165, 1.54) is 0 Å². The summed E-state index contributed by atoms with van der Waals surface area (Å²) in [5, 5.41) is 0. The van der Waals surface area contributed by atoms with Crippen LogP contribution in [-0.2, 0) is 6.42 Å². The van der Waals surface area contributed by atoms with Gasteiger partial charge in [0.05, 0.1) is 0 Å². The zero-order valence-electron chi connectivity index (χ0n) is 7.89. The average Bonchev–Trinajstić information content (AvgIpc) is 2.08. The van der Waals surface area contributed by atoms with Crippen molar-refractivity contribution in [3.63, 3.8) is 0 Å². The Kier molecular flexibility index (Phi) is 5.15. The molecule has 1 unspecified atom stereocenters. The van der Waals surface area contributed by atoms with Crippen LogP contribution in [0.25, 0.3) is 0 Å². The van der Waals surface area contributed by atoms with E-state index in [9.17, 15) is 22.0 Å². The van der Waals surface area contributed by atoms with Gasteiger partial charge in [0.25, 0.3) is 0 Å². The normalized spacial score (nSPS) is 13.1. The van der Waals surface area contributed by atoms with E-state index in [0.29, 0.717) is 6.07 Å². The first kappa shape index (κ1) is 15.1. The van der Waals surface area contributed by atoms with Crippen LogP contribution in [0.5, 0.6) is 0 Å². The predicted molar refractivity (Wildman–Crippen MR) is 51.3 cm³/mol. The molecule has 0 heterocycles. The number of nitrogens with two attached hydrogens (primary N) is 1. The minimum Gasteiger partial charge on any atom is -0.320 e. The standard InChI is InChI=1S/C9H8F5N.ClH/c10-6-2-1-5(7(11)4-6)3-8(15)9(12,13)14;/h1-2,4,8H,3,15H2;1H. The van der Waals surface area contributed by atoms with Crippen LogP contribution in [0.4, 0.5) is 22.0 Å². The highest BCUT2D eigenvalue weighted by atomic mass is 35.5. The van der Waals surface area contributed by atoms with Crippen molar-refractivity contribution in [2.75, 3.05) is 0 Å². The number of hydrogen-bond donors (Lipinski definition) is 1. The Bertz CT molecular complexity index is 352. The second-order valence-corrected chi connectivity index (χ2v) is 3.09. The molecule has 1 aromatic rings. The van der Waals surface area contributed by atoms with Crippen LogP contribution in [0.3, 0.4) is 0 Å². The SMILES string of the molecule is Cl.NC(Cc1ccc(F)cc1F)C(F)(F)F. The lowest BCUT2D eigenvalue weighted by Gasteiger charge is -2.15. The largest absolute Gasteiger partial charge is 0.403 e. The van der Waals surface area contributed by atoms with E-state index in [0.717, 1.165) is 12.1 Å². The summed E-state index contributed by atoms with van der Waals surface area (Å²) < 4.78 is 61.4. The number of hydrogen-bond acceptors (Lipinski definition) is 1. The van der Waals surface area contributed by atoms with Crippen molar-refractivity contribution in [3.8, 4) is 0 Å². The molecule has 1 rings (SSSR count). The highest BCUT2D eigenvalue weighted by Gasteiger charge is 2.36. The molecule has 1 aromatic carbocycles. The summed E-state index contributed by atoms with van der Waals surface area (Å²) >= 11 is 0. The summed E-state index contributed by atoms with van der Waals surface area (Å²) in [7, 11) is 0. The van der Waals surface area contributed by atoms with E-state index in [2.05, 4.69) is 0 Å². The molecule has 1 nitrogen and oxygen atoms in total. The van der Waals surface area contributed by atoms with Crippen molar-refractivity contribution in [2.24, 2.45) is 5.73 Å². The van der Waals surface area contributed by atoms with Gasteiger partial charge in [0.1, 0.15) is 17.7 Å².